The van der Waals surface area contributed by atoms with Gasteiger partial charge in [-0.2, -0.15) is 0 Å². The Morgan fingerprint density at radius 3 is 2.52 bits per heavy atom. The van der Waals surface area contributed by atoms with Crippen LogP contribution in [0.2, 0.25) is 5.02 Å². The third-order valence-electron chi connectivity index (χ3n) is 2.79. The second kappa shape index (κ2) is 5.34. The Morgan fingerprint density at radius 2 is 1.76 bits per heavy atom. The fraction of sp³-hybridized carbons (Fsp3) is 0. The normalized spacial score (nSPS) is 10.5. The van der Waals surface area contributed by atoms with E-state index in [0.717, 1.165) is 0 Å². The lowest BCUT2D eigenvalue weighted by atomic mass is 10.3. The average molecular weight is 304 g/mol. The molecule has 0 radical (unpaired) electrons. The number of nitrogens with one attached hydrogen (secondary N) is 3. The SMILES string of the molecule is O=C(Nc1ccc2[nH]c(=O)[nH]c2c1)Oc1ccc(Cl)cc1. The zero-order chi connectivity index (χ0) is 14.8. The van der Waals surface area contributed by atoms with Gasteiger partial charge in [-0.15, -0.1) is 0 Å². The molecule has 3 aromatic rings. The topological polar surface area (TPSA) is 87.0 Å². The molecule has 0 spiro atoms. The number of amides is 1. The van der Waals surface area contributed by atoms with Gasteiger partial charge in [-0.25, -0.2) is 9.59 Å². The number of rotatable bonds is 2. The van der Waals surface area contributed by atoms with Crippen LogP contribution in [0.15, 0.2) is 47.3 Å². The summed E-state index contributed by atoms with van der Waals surface area (Å²) in [7, 11) is 0. The number of benzene rings is 2. The maximum Gasteiger partial charge on any atom is 0.417 e. The minimum Gasteiger partial charge on any atom is -0.410 e. The van der Waals surface area contributed by atoms with Gasteiger partial charge in [-0.3, -0.25) is 5.32 Å². The Morgan fingerprint density at radius 1 is 1.05 bits per heavy atom. The Hall–Kier alpha value is -2.73. The smallest absolute Gasteiger partial charge is 0.410 e. The van der Waals surface area contributed by atoms with Crippen LogP contribution in [0.25, 0.3) is 11.0 Å². The van der Waals surface area contributed by atoms with Gasteiger partial charge in [0.1, 0.15) is 5.75 Å². The zero-order valence-electron chi connectivity index (χ0n) is 10.6. The quantitative estimate of drug-likeness (QED) is 0.679. The first-order valence-corrected chi connectivity index (χ1v) is 6.44. The predicted molar refractivity (Wildman–Crippen MR) is 80.0 cm³/mol. The average Bonchev–Trinajstić information content (AvgIpc) is 2.80. The molecule has 2 aromatic carbocycles. The van der Waals surface area contributed by atoms with Crippen molar-refractivity contribution < 1.29 is 9.53 Å². The number of halogens is 1. The molecular formula is C14H10ClN3O3. The molecular weight excluding hydrogens is 294 g/mol. The van der Waals surface area contributed by atoms with Gasteiger partial charge in [0.05, 0.1) is 11.0 Å². The molecule has 106 valence electrons. The van der Waals surface area contributed by atoms with Crippen LogP contribution in [0, 0.1) is 0 Å². The number of carbonyl (C=O) groups is 1. The highest BCUT2D eigenvalue weighted by Crippen LogP contribution is 2.18. The number of aromatic amines is 2. The van der Waals surface area contributed by atoms with Crippen LogP contribution in [-0.2, 0) is 0 Å². The fourth-order valence-corrected chi connectivity index (χ4v) is 1.99. The number of fused-ring (bicyclic) bond motifs is 1. The summed E-state index contributed by atoms with van der Waals surface area (Å²) in [6.45, 7) is 0. The van der Waals surface area contributed by atoms with Crippen LogP contribution in [0.4, 0.5) is 10.5 Å². The molecule has 0 saturated heterocycles. The van der Waals surface area contributed by atoms with Crippen LogP contribution in [-0.4, -0.2) is 16.1 Å². The molecule has 6 nitrogen and oxygen atoms in total. The summed E-state index contributed by atoms with van der Waals surface area (Å²) in [5.74, 6) is 0.382. The first-order chi connectivity index (χ1) is 10.1. The molecule has 3 N–H and O–H groups in total. The molecule has 7 heteroatoms. The molecule has 0 fully saturated rings. The van der Waals surface area contributed by atoms with Crippen LogP contribution in [0.5, 0.6) is 5.75 Å². The van der Waals surface area contributed by atoms with Crippen LogP contribution < -0.4 is 15.7 Å². The van der Waals surface area contributed by atoms with Crippen molar-refractivity contribution >= 4 is 34.4 Å². The second-order valence-electron chi connectivity index (χ2n) is 4.31. The number of hydrogen-bond donors (Lipinski definition) is 3. The Labute approximate surface area is 123 Å². The zero-order valence-corrected chi connectivity index (χ0v) is 11.4. The standard InChI is InChI=1S/C14H10ClN3O3/c15-8-1-4-10(5-2-8)21-14(20)16-9-3-6-11-12(7-9)18-13(19)17-11/h1-7H,(H,16,20)(H2,17,18,19). The van der Waals surface area contributed by atoms with Crippen molar-refractivity contribution in [3.8, 4) is 5.75 Å². The first kappa shape index (κ1) is 13.3. The molecule has 0 atom stereocenters. The maximum absolute atomic E-state index is 11.8. The molecule has 1 heterocycles. The number of imidazole rings is 1. The summed E-state index contributed by atoms with van der Waals surface area (Å²) >= 11 is 5.75. The Bertz CT molecular complexity index is 852. The minimum absolute atomic E-state index is 0.300. The molecule has 0 aliphatic heterocycles. The van der Waals surface area contributed by atoms with Crippen LogP contribution in [0.1, 0.15) is 0 Å². The van der Waals surface area contributed by atoms with Crippen molar-refractivity contribution in [3.63, 3.8) is 0 Å². The molecule has 3 rings (SSSR count). The molecule has 0 unspecified atom stereocenters. The molecule has 1 aromatic heterocycles. The molecule has 1 amide bonds. The molecule has 0 aliphatic carbocycles. The van der Waals surface area contributed by atoms with Gasteiger partial charge in [0.2, 0.25) is 0 Å². The molecule has 0 bridgehead atoms. The van der Waals surface area contributed by atoms with Crippen molar-refractivity contribution in [2.45, 2.75) is 0 Å². The molecule has 0 saturated carbocycles. The van der Waals surface area contributed by atoms with E-state index in [-0.39, 0.29) is 5.69 Å². The van der Waals surface area contributed by atoms with Gasteiger partial charge in [-0.05, 0) is 42.5 Å². The van der Waals surface area contributed by atoms with Crippen molar-refractivity contribution in [3.05, 3.63) is 58.0 Å². The van der Waals surface area contributed by atoms with E-state index in [4.69, 9.17) is 16.3 Å². The van der Waals surface area contributed by atoms with Crippen molar-refractivity contribution in [2.75, 3.05) is 5.32 Å². The van der Waals surface area contributed by atoms with Gasteiger partial charge in [0.15, 0.2) is 0 Å². The molecule has 0 aliphatic rings. The minimum atomic E-state index is -0.630. The van der Waals surface area contributed by atoms with Gasteiger partial charge in [0.25, 0.3) is 0 Å². The number of aromatic nitrogens is 2. The first-order valence-electron chi connectivity index (χ1n) is 6.06. The summed E-state index contributed by atoms with van der Waals surface area (Å²) in [6, 6.07) is 11.4. The Balaban J connectivity index is 1.73. The second-order valence-corrected chi connectivity index (χ2v) is 4.74. The summed E-state index contributed by atoms with van der Waals surface area (Å²) in [5.41, 5.74) is 1.48. The summed E-state index contributed by atoms with van der Waals surface area (Å²) in [4.78, 5) is 28.1. The van der Waals surface area contributed by atoms with Crippen molar-refractivity contribution in [1.82, 2.24) is 9.97 Å². The predicted octanol–water partition coefficient (Wildman–Crippen LogP) is 3.12. The third-order valence-corrected chi connectivity index (χ3v) is 3.04. The van der Waals surface area contributed by atoms with Crippen LogP contribution in [0.3, 0.4) is 0 Å². The van der Waals surface area contributed by atoms with Gasteiger partial charge < -0.3 is 14.7 Å². The van der Waals surface area contributed by atoms with Gasteiger partial charge in [-0.1, -0.05) is 11.6 Å². The lowest BCUT2D eigenvalue weighted by Crippen LogP contribution is -2.16. The highest BCUT2D eigenvalue weighted by molar-refractivity contribution is 6.30. The van der Waals surface area contributed by atoms with Gasteiger partial charge >= 0.3 is 11.8 Å². The summed E-state index contributed by atoms with van der Waals surface area (Å²) in [6.07, 6.45) is -0.630. The number of carbonyl (C=O) groups excluding carboxylic acids is 1. The van der Waals surface area contributed by atoms with E-state index < -0.39 is 6.09 Å². The lowest BCUT2D eigenvalue weighted by Gasteiger charge is -2.06. The highest BCUT2D eigenvalue weighted by atomic mass is 35.5. The number of hydrogen-bond acceptors (Lipinski definition) is 3. The summed E-state index contributed by atoms with van der Waals surface area (Å²) < 4.78 is 5.10. The Kier molecular flexibility index (Phi) is 3.37. The van der Waals surface area contributed by atoms with E-state index in [9.17, 15) is 9.59 Å². The van der Waals surface area contributed by atoms with Crippen molar-refractivity contribution in [1.29, 1.82) is 0 Å². The van der Waals surface area contributed by atoms with Crippen LogP contribution >= 0.6 is 11.6 Å². The van der Waals surface area contributed by atoms with E-state index in [1.165, 1.54) is 0 Å². The van der Waals surface area contributed by atoms with E-state index >= 15 is 0 Å². The van der Waals surface area contributed by atoms with Gasteiger partial charge in [0, 0.05) is 10.7 Å². The highest BCUT2D eigenvalue weighted by Gasteiger charge is 2.06. The number of ether oxygens (including phenoxy) is 1. The number of anilines is 1. The maximum atomic E-state index is 11.8. The monoisotopic (exact) mass is 303 g/mol. The van der Waals surface area contributed by atoms with E-state index in [1.54, 1.807) is 42.5 Å². The molecule has 21 heavy (non-hydrogen) atoms. The largest absolute Gasteiger partial charge is 0.417 e. The summed E-state index contributed by atoms with van der Waals surface area (Å²) in [5, 5.41) is 3.14. The number of H-pyrrole nitrogens is 2. The fourth-order valence-electron chi connectivity index (χ4n) is 1.86. The van der Waals surface area contributed by atoms with E-state index in [1.807, 2.05) is 0 Å². The van der Waals surface area contributed by atoms with E-state index in [0.29, 0.717) is 27.5 Å². The van der Waals surface area contributed by atoms with E-state index in [2.05, 4.69) is 15.3 Å². The van der Waals surface area contributed by atoms with Crippen molar-refractivity contribution in [2.24, 2.45) is 0 Å². The third kappa shape index (κ3) is 3.06. The lowest BCUT2D eigenvalue weighted by molar-refractivity contribution is 0.215.